The van der Waals surface area contributed by atoms with Crippen molar-refractivity contribution in [2.75, 3.05) is 18.0 Å². The summed E-state index contributed by atoms with van der Waals surface area (Å²) in [5.41, 5.74) is 1.48. The zero-order valence-corrected chi connectivity index (χ0v) is 17.1. The molecular formula is C24H30N2O2. The quantitative estimate of drug-likeness (QED) is 0.752. The standard InChI is InChI=1S/C24H30N2O2/c1-4-22(27)26(20-13-9-6-10-14-20)21-16-18-25(23(28)24(21,2)3)17-15-19-11-7-5-8-12-19/h5-14,21H,4,15-18H2,1-3H3. The smallest absolute Gasteiger partial charge is 0.230 e. The molecule has 1 heterocycles. The minimum Gasteiger partial charge on any atom is -0.342 e. The Morgan fingerprint density at radius 1 is 1.07 bits per heavy atom. The maximum Gasteiger partial charge on any atom is 0.230 e. The van der Waals surface area contributed by atoms with Crippen LogP contribution in [0.2, 0.25) is 0 Å². The topological polar surface area (TPSA) is 40.6 Å². The number of piperidine rings is 1. The summed E-state index contributed by atoms with van der Waals surface area (Å²) in [5, 5.41) is 0. The molecular weight excluding hydrogens is 348 g/mol. The molecule has 0 radical (unpaired) electrons. The second kappa shape index (κ2) is 8.59. The predicted molar refractivity (Wildman–Crippen MR) is 113 cm³/mol. The lowest BCUT2D eigenvalue weighted by atomic mass is 9.76. The number of benzene rings is 2. The monoisotopic (exact) mass is 378 g/mol. The molecule has 1 unspecified atom stereocenters. The second-order valence-electron chi connectivity index (χ2n) is 8.01. The van der Waals surface area contributed by atoms with Gasteiger partial charge in [-0.25, -0.2) is 0 Å². The predicted octanol–water partition coefficient (Wildman–Crippen LogP) is 4.30. The van der Waals surface area contributed by atoms with Crippen molar-refractivity contribution in [3.8, 4) is 0 Å². The van der Waals surface area contributed by atoms with Gasteiger partial charge in [-0.1, -0.05) is 55.5 Å². The molecule has 148 valence electrons. The Bertz CT molecular complexity index is 802. The van der Waals surface area contributed by atoms with Gasteiger partial charge in [-0.3, -0.25) is 9.59 Å². The van der Waals surface area contributed by atoms with Gasteiger partial charge in [-0.05, 0) is 44.4 Å². The number of hydrogen-bond acceptors (Lipinski definition) is 2. The van der Waals surface area contributed by atoms with Gasteiger partial charge in [0.15, 0.2) is 0 Å². The van der Waals surface area contributed by atoms with Crippen LogP contribution in [0.3, 0.4) is 0 Å². The van der Waals surface area contributed by atoms with E-state index in [0.29, 0.717) is 19.5 Å². The van der Waals surface area contributed by atoms with Crippen LogP contribution in [0.1, 0.15) is 39.2 Å². The molecule has 0 saturated carbocycles. The first-order valence-electron chi connectivity index (χ1n) is 10.2. The molecule has 0 aliphatic carbocycles. The van der Waals surface area contributed by atoms with Crippen molar-refractivity contribution in [3.05, 3.63) is 66.2 Å². The maximum atomic E-state index is 13.3. The fourth-order valence-corrected chi connectivity index (χ4v) is 4.12. The fourth-order valence-electron chi connectivity index (χ4n) is 4.12. The van der Waals surface area contributed by atoms with E-state index in [4.69, 9.17) is 0 Å². The van der Waals surface area contributed by atoms with E-state index in [9.17, 15) is 9.59 Å². The van der Waals surface area contributed by atoms with Crippen molar-refractivity contribution in [2.45, 2.75) is 46.1 Å². The van der Waals surface area contributed by atoms with E-state index in [0.717, 1.165) is 18.5 Å². The summed E-state index contributed by atoms with van der Waals surface area (Å²) in [6.45, 7) is 7.23. The molecule has 0 bridgehead atoms. The van der Waals surface area contributed by atoms with Crippen LogP contribution in [0.15, 0.2) is 60.7 Å². The van der Waals surface area contributed by atoms with E-state index < -0.39 is 5.41 Å². The van der Waals surface area contributed by atoms with Crippen LogP contribution in [0, 0.1) is 5.41 Å². The van der Waals surface area contributed by atoms with Crippen molar-refractivity contribution < 1.29 is 9.59 Å². The molecule has 2 amide bonds. The Balaban J connectivity index is 1.79. The number of carbonyl (C=O) groups is 2. The van der Waals surface area contributed by atoms with Gasteiger partial charge in [-0.2, -0.15) is 0 Å². The average molecular weight is 379 g/mol. The minimum atomic E-state index is -0.629. The van der Waals surface area contributed by atoms with Gasteiger partial charge in [0.2, 0.25) is 11.8 Å². The van der Waals surface area contributed by atoms with Gasteiger partial charge < -0.3 is 9.80 Å². The first kappa shape index (κ1) is 20.1. The van der Waals surface area contributed by atoms with Crippen LogP contribution < -0.4 is 4.90 Å². The normalized spacial score (nSPS) is 18.8. The Kier molecular flexibility index (Phi) is 6.18. The third-order valence-electron chi connectivity index (χ3n) is 5.77. The molecule has 1 fully saturated rings. The van der Waals surface area contributed by atoms with E-state index in [2.05, 4.69) is 12.1 Å². The average Bonchev–Trinajstić information content (AvgIpc) is 2.72. The zero-order chi connectivity index (χ0) is 20.1. The Labute approximate surface area is 168 Å². The van der Waals surface area contributed by atoms with Crippen molar-refractivity contribution >= 4 is 17.5 Å². The highest BCUT2D eigenvalue weighted by atomic mass is 16.2. The minimum absolute atomic E-state index is 0.0646. The molecule has 1 saturated heterocycles. The van der Waals surface area contributed by atoms with Crippen molar-refractivity contribution in [2.24, 2.45) is 5.41 Å². The molecule has 0 spiro atoms. The molecule has 0 aromatic heterocycles. The van der Waals surface area contributed by atoms with Crippen LogP contribution in [-0.2, 0) is 16.0 Å². The molecule has 1 aliphatic heterocycles. The van der Waals surface area contributed by atoms with Gasteiger partial charge in [0.05, 0.1) is 11.5 Å². The first-order chi connectivity index (χ1) is 13.4. The highest BCUT2D eigenvalue weighted by molar-refractivity contribution is 5.96. The fraction of sp³-hybridized carbons (Fsp3) is 0.417. The Morgan fingerprint density at radius 2 is 1.68 bits per heavy atom. The number of anilines is 1. The number of carbonyl (C=O) groups excluding carboxylic acids is 2. The SMILES string of the molecule is CCC(=O)N(c1ccccc1)C1CCN(CCc2ccccc2)C(=O)C1(C)C. The molecule has 3 rings (SSSR count). The summed E-state index contributed by atoms with van der Waals surface area (Å²) >= 11 is 0. The van der Waals surface area contributed by atoms with E-state index >= 15 is 0 Å². The highest BCUT2D eigenvalue weighted by Crippen LogP contribution is 2.37. The number of para-hydroxylation sites is 1. The summed E-state index contributed by atoms with van der Waals surface area (Å²) in [5.74, 6) is 0.194. The summed E-state index contributed by atoms with van der Waals surface area (Å²) in [6.07, 6.45) is 2.06. The number of hydrogen-bond donors (Lipinski definition) is 0. The Hall–Kier alpha value is -2.62. The molecule has 1 atom stereocenters. The lowest BCUT2D eigenvalue weighted by Crippen LogP contribution is -2.60. The van der Waals surface area contributed by atoms with Gasteiger partial charge in [0.25, 0.3) is 0 Å². The van der Waals surface area contributed by atoms with Crippen LogP contribution >= 0.6 is 0 Å². The van der Waals surface area contributed by atoms with Crippen LogP contribution in [0.5, 0.6) is 0 Å². The molecule has 1 aliphatic rings. The largest absolute Gasteiger partial charge is 0.342 e. The lowest BCUT2D eigenvalue weighted by Gasteiger charge is -2.47. The number of rotatable bonds is 6. The third-order valence-corrected chi connectivity index (χ3v) is 5.77. The molecule has 0 N–H and O–H groups in total. The van der Waals surface area contributed by atoms with Crippen molar-refractivity contribution in [1.29, 1.82) is 0 Å². The summed E-state index contributed by atoms with van der Waals surface area (Å²) in [7, 11) is 0. The number of likely N-dealkylation sites (tertiary alicyclic amines) is 1. The van der Waals surface area contributed by atoms with Crippen molar-refractivity contribution in [3.63, 3.8) is 0 Å². The van der Waals surface area contributed by atoms with Gasteiger partial charge >= 0.3 is 0 Å². The lowest BCUT2D eigenvalue weighted by molar-refractivity contribution is -0.145. The van der Waals surface area contributed by atoms with Crippen molar-refractivity contribution in [1.82, 2.24) is 4.90 Å². The second-order valence-corrected chi connectivity index (χ2v) is 8.01. The highest BCUT2D eigenvalue weighted by Gasteiger charge is 2.47. The van der Waals surface area contributed by atoms with Gasteiger partial charge in [-0.15, -0.1) is 0 Å². The number of amides is 2. The van der Waals surface area contributed by atoms with Crippen LogP contribution in [0.25, 0.3) is 0 Å². The van der Waals surface area contributed by atoms with Gasteiger partial charge in [0, 0.05) is 25.2 Å². The molecule has 2 aromatic rings. The van der Waals surface area contributed by atoms with Gasteiger partial charge in [0.1, 0.15) is 0 Å². The van der Waals surface area contributed by atoms with Crippen LogP contribution in [-0.4, -0.2) is 35.8 Å². The molecule has 4 heteroatoms. The summed E-state index contributed by atoms with van der Waals surface area (Å²) in [4.78, 5) is 29.9. The zero-order valence-electron chi connectivity index (χ0n) is 17.1. The first-order valence-corrected chi connectivity index (χ1v) is 10.2. The van der Waals surface area contributed by atoms with E-state index in [-0.39, 0.29) is 17.9 Å². The maximum absolute atomic E-state index is 13.3. The molecule has 28 heavy (non-hydrogen) atoms. The van der Waals surface area contributed by atoms with E-state index in [1.165, 1.54) is 5.56 Å². The van der Waals surface area contributed by atoms with Crippen LogP contribution in [0.4, 0.5) is 5.69 Å². The van der Waals surface area contributed by atoms with E-state index in [1.807, 2.05) is 79.1 Å². The summed E-state index contributed by atoms with van der Waals surface area (Å²) in [6, 6.07) is 19.9. The van der Waals surface area contributed by atoms with E-state index in [1.54, 1.807) is 0 Å². The Morgan fingerprint density at radius 3 is 2.29 bits per heavy atom. The molecule has 4 nitrogen and oxygen atoms in total. The third kappa shape index (κ3) is 4.11. The summed E-state index contributed by atoms with van der Waals surface area (Å²) < 4.78 is 0. The molecule has 2 aromatic carbocycles. The number of nitrogens with zero attached hydrogens (tertiary/aromatic N) is 2.